The van der Waals surface area contributed by atoms with E-state index in [9.17, 15) is 0 Å². The Kier molecular flexibility index (Phi) is 5.14. The van der Waals surface area contributed by atoms with Gasteiger partial charge in [-0.05, 0) is 67.4 Å². The van der Waals surface area contributed by atoms with Gasteiger partial charge >= 0.3 is 0 Å². The third-order valence-corrected chi connectivity index (χ3v) is 5.28. The fourth-order valence-corrected chi connectivity index (χ4v) is 3.51. The lowest BCUT2D eigenvalue weighted by Gasteiger charge is -2.29. The third-order valence-electron chi connectivity index (χ3n) is 4.51. The van der Waals surface area contributed by atoms with Crippen LogP contribution in [0.25, 0.3) is 0 Å². The maximum atomic E-state index is 5.90. The largest absolute Gasteiger partial charge is 0.399 e. The average Bonchev–Trinajstić information content (AvgIpc) is 2.59. The summed E-state index contributed by atoms with van der Waals surface area (Å²) in [7, 11) is 0. The van der Waals surface area contributed by atoms with Gasteiger partial charge in [0.2, 0.25) is 0 Å². The van der Waals surface area contributed by atoms with E-state index >= 15 is 0 Å². The van der Waals surface area contributed by atoms with Crippen LogP contribution in [-0.2, 0) is 6.54 Å². The summed E-state index contributed by atoms with van der Waals surface area (Å²) in [6, 6.07) is 6.10. The molecular weight excluding hydrogens is 312 g/mol. The van der Waals surface area contributed by atoms with E-state index in [1.165, 1.54) is 42.4 Å². The van der Waals surface area contributed by atoms with Crippen molar-refractivity contribution in [3.63, 3.8) is 0 Å². The smallest absolute Gasteiger partial charge is 0.0318 e. The Bertz CT molecular complexity index is 451. The standard InChI is InChI=1S/C17H27BrN2/c1-17(2,3)14-5-4-9-20(10-8-14)12-13-11-15(19)6-7-16(13)18/h6-7,11,14H,4-5,8-10,12,19H2,1-3H3. The zero-order chi connectivity index (χ0) is 14.8. The van der Waals surface area contributed by atoms with Crippen molar-refractivity contribution in [1.82, 2.24) is 4.90 Å². The summed E-state index contributed by atoms with van der Waals surface area (Å²) in [5.74, 6) is 0.844. The second kappa shape index (κ2) is 6.48. The summed E-state index contributed by atoms with van der Waals surface area (Å²) >= 11 is 3.64. The fourth-order valence-electron chi connectivity index (χ4n) is 3.14. The van der Waals surface area contributed by atoms with Crippen molar-refractivity contribution in [2.24, 2.45) is 11.3 Å². The highest BCUT2D eigenvalue weighted by Crippen LogP contribution is 2.34. The van der Waals surface area contributed by atoms with Gasteiger partial charge in [-0.15, -0.1) is 0 Å². The maximum Gasteiger partial charge on any atom is 0.0318 e. The summed E-state index contributed by atoms with van der Waals surface area (Å²) < 4.78 is 1.17. The molecule has 0 aliphatic carbocycles. The van der Waals surface area contributed by atoms with Crippen LogP contribution in [0.4, 0.5) is 5.69 Å². The molecule has 1 aliphatic heterocycles. The van der Waals surface area contributed by atoms with Crippen molar-refractivity contribution in [2.75, 3.05) is 18.8 Å². The minimum absolute atomic E-state index is 0.438. The van der Waals surface area contributed by atoms with Crippen LogP contribution >= 0.6 is 15.9 Å². The van der Waals surface area contributed by atoms with Crippen LogP contribution in [0.3, 0.4) is 0 Å². The van der Waals surface area contributed by atoms with Crippen LogP contribution in [0.15, 0.2) is 22.7 Å². The number of rotatable bonds is 2. The van der Waals surface area contributed by atoms with Crippen LogP contribution in [-0.4, -0.2) is 18.0 Å². The van der Waals surface area contributed by atoms with Crippen LogP contribution in [0.2, 0.25) is 0 Å². The predicted octanol–water partition coefficient (Wildman–Crippen LogP) is 4.68. The molecule has 0 amide bonds. The quantitative estimate of drug-likeness (QED) is 0.793. The summed E-state index contributed by atoms with van der Waals surface area (Å²) in [5.41, 5.74) is 8.50. The zero-order valence-electron chi connectivity index (χ0n) is 13.0. The molecule has 1 aromatic rings. The van der Waals surface area contributed by atoms with Crippen molar-refractivity contribution in [3.05, 3.63) is 28.2 Å². The van der Waals surface area contributed by atoms with Gasteiger partial charge in [-0.3, -0.25) is 4.90 Å². The lowest BCUT2D eigenvalue weighted by molar-refractivity contribution is 0.206. The van der Waals surface area contributed by atoms with Crippen molar-refractivity contribution in [3.8, 4) is 0 Å². The first-order chi connectivity index (χ1) is 9.36. The number of hydrogen-bond acceptors (Lipinski definition) is 2. The fraction of sp³-hybridized carbons (Fsp3) is 0.647. The number of nitrogen functional groups attached to an aromatic ring is 1. The van der Waals surface area contributed by atoms with Gasteiger partial charge in [-0.2, -0.15) is 0 Å². The molecule has 1 fully saturated rings. The Morgan fingerprint density at radius 2 is 2.00 bits per heavy atom. The first kappa shape index (κ1) is 15.8. The molecule has 2 nitrogen and oxygen atoms in total. The molecule has 2 N–H and O–H groups in total. The zero-order valence-corrected chi connectivity index (χ0v) is 14.5. The highest BCUT2D eigenvalue weighted by Gasteiger charge is 2.27. The van der Waals surface area contributed by atoms with E-state index < -0.39 is 0 Å². The molecule has 3 heteroatoms. The van der Waals surface area contributed by atoms with E-state index in [2.05, 4.69) is 53.7 Å². The second-order valence-electron chi connectivity index (χ2n) is 7.12. The molecule has 1 unspecified atom stereocenters. The monoisotopic (exact) mass is 338 g/mol. The Morgan fingerprint density at radius 1 is 1.25 bits per heavy atom. The van der Waals surface area contributed by atoms with Gasteiger partial charge in [-0.25, -0.2) is 0 Å². The third kappa shape index (κ3) is 4.23. The number of anilines is 1. The van der Waals surface area contributed by atoms with Gasteiger partial charge < -0.3 is 5.73 Å². The molecule has 112 valence electrons. The van der Waals surface area contributed by atoms with E-state index in [-0.39, 0.29) is 0 Å². The topological polar surface area (TPSA) is 29.3 Å². The van der Waals surface area contributed by atoms with Gasteiger partial charge in [0.05, 0.1) is 0 Å². The van der Waals surface area contributed by atoms with Crippen molar-refractivity contribution < 1.29 is 0 Å². The lowest BCUT2D eigenvalue weighted by atomic mass is 9.77. The molecular formula is C17H27BrN2. The highest BCUT2D eigenvalue weighted by molar-refractivity contribution is 9.10. The Morgan fingerprint density at radius 3 is 2.70 bits per heavy atom. The summed E-state index contributed by atoms with van der Waals surface area (Å²) in [4.78, 5) is 2.57. The number of nitrogens with zero attached hydrogens (tertiary/aromatic N) is 1. The minimum Gasteiger partial charge on any atom is -0.399 e. The lowest BCUT2D eigenvalue weighted by Crippen LogP contribution is -2.26. The number of nitrogens with two attached hydrogens (primary N) is 1. The van der Waals surface area contributed by atoms with E-state index in [0.717, 1.165) is 18.2 Å². The van der Waals surface area contributed by atoms with E-state index in [0.29, 0.717) is 5.41 Å². The van der Waals surface area contributed by atoms with Gasteiger partial charge in [0.1, 0.15) is 0 Å². The highest BCUT2D eigenvalue weighted by atomic mass is 79.9. The summed E-state index contributed by atoms with van der Waals surface area (Å²) in [6.07, 6.45) is 3.98. The molecule has 0 saturated carbocycles. The molecule has 1 saturated heterocycles. The summed E-state index contributed by atoms with van der Waals surface area (Å²) in [6.45, 7) is 10.5. The first-order valence-corrected chi connectivity index (χ1v) is 8.42. The van der Waals surface area contributed by atoms with Gasteiger partial charge in [0.25, 0.3) is 0 Å². The van der Waals surface area contributed by atoms with Crippen LogP contribution in [0.1, 0.15) is 45.6 Å². The first-order valence-electron chi connectivity index (χ1n) is 7.62. The number of benzene rings is 1. The van der Waals surface area contributed by atoms with Crippen molar-refractivity contribution in [1.29, 1.82) is 0 Å². The van der Waals surface area contributed by atoms with Crippen molar-refractivity contribution in [2.45, 2.75) is 46.6 Å². The molecule has 2 rings (SSSR count). The van der Waals surface area contributed by atoms with Gasteiger partial charge in [0, 0.05) is 16.7 Å². The molecule has 1 atom stereocenters. The van der Waals surface area contributed by atoms with E-state index in [1.54, 1.807) is 0 Å². The number of halogens is 1. The average molecular weight is 339 g/mol. The minimum atomic E-state index is 0.438. The molecule has 1 aromatic carbocycles. The summed E-state index contributed by atoms with van der Waals surface area (Å²) in [5, 5.41) is 0. The van der Waals surface area contributed by atoms with Crippen LogP contribution < -0.4 is 5.73 Å². The van der Waals surface area contributed by atoms with Crippen LogP contribution in [0.5, 0.6) is 0 Å². The molecule has 1 heterocycles. The molecule has 0 spiro atoms. The molecule has 0 bridgehead atoms. The van der Waals surface area contributed by atoms with Gasteiger partial charge in [-0.1, -0.05) is 36.7 Å². The van der Waals surface area contributed by atoms with Crippen molar-refractivity contribution >= 4 is 21.6 Å². The van der Waals surface area contributed by atoms with Gasteiger partial charge in [0.15, 0.2) is 0 Å². The number of likely N-dealkylation sites (tertiary alicyclic amines) is 1. The number of hydrogen-bond donors (Lipinski definition) is 1. The molecule has 20 heavy (non-hydrogen) atoms. The Balaban J connectivity index is 1.99. The molecule has 0 aromatic heterocycles. The Hall–Kier alpha value is -0.540. The predicted molar refractivity (Wildman–Crippen MR) is 90.6 cm³/mol. The Labute approximate surface area is 131 Å². The maximum absolute atomic E-state index is 5.90. The normalized spacial score (nSPS) is 21.7. The molecule has 0 radical (unpaired) electrons. The van der Waals surface area contributed by atoms with Crippen LogP contribution in [0, 0.1) is 11.3 Å². The van der Waals surface area contributed by atoms with E-state index in [4.69, 9.17) is 5.73 Å². The SMILES string of the molecule is CC(C)(C)C1CCCN(Cc2cc(N)ccc2Br)CC1. The molecule has 1 aliphatic rings. The second-order valence-corrected chi connectivity index (χ2v) is 7.98. The van der Waals surface area contributed by atoms with E-state index in [1.807, 2.05) is 6.07 Å².